The predicted octanol–water partition coefficient (Wildman–Crippen LogP) is 2.06. The summed E-state index contributed by atoms with van der Waals surface area (Å²) in [5.74, 6) is 1.66. The van der Waals surface area contributed by atoms with E-state index in [9.17, 15) is 9.90 Å². The molecule has 1 N–H and O–H groups in total. The Labute approximate surface area is 124 Å². The van der Waals surface area contributed by atoms with Crippen molar-refractivity contribution in [2.75, 3.05) is 11.5 Å². The number of fused-ring (bicyclic) bond motifs is 1. The zero-order chi connectivity index (χ0) is 14.8. The third kappa shape index (κ3) is 2.88. The molecule has 0 radical (unpaired) electrons. The Morgan fingerprint density at radius 2 is 2.24 bits per heavy atom. The number of aliphatic hydroxyl groups excluding tert-OH is 1. The maximum absolute atomic E-state index is 12.2. The minimum Gasteiger partial charge on any atom is -0.492 e. The normalized spacial score (nSPS) is 24.5. The van der Waals surface area contributed by atoms with Gasteiger partial charge in [0.25, 0.3) is 0 Å². The summed E-state index contributed by atoms with van der Waals surface area (Å²) < 4.78 is 5.69. The number of aryl methyl sites for hydroxylation is 1. The lowest BCUT2D eigenvalue weighted by atomic mass is 9.86. The topological polar surface area (TPSA) is 62.7 Å². The van der Waals surface area contributed by atoms with Crippen molar-refractivity contribution in [1.29, 1.82) is 0 Å². The van der Waals surface area contributed by atoms with Gasteiger partial charge in [-0.15, -0.1) is 0 Å². The van der Waals surface area contributed by atoms with E-state index >= 15 is 0 Å². The van der Waals surface area contributed by atoms with Crippen LogP contribution in [0, 0.1) is 0 Å². The van der Waals surface area contributed by atoms with Crippen LogP contribution in [0.5, 0.6) is 5.75 Å². The number of hydrogen-bond donors (Lipinski definition) is 1. The molecular weight excluding hydrogens is 268 g/mol. The van der Waals surface area contributed by atoms with Crippen LogP contribution in [-0.2, 0) is 11.2 Å². The average molecular weight is 290 g/mol. The van der Waals surface area contributed by atoms with E-state index in [1.54, 1.807) is 11.1 Å². The molecule has 21 heavy (non-hydrogen) atoms. The number of nitrogens with zero attached hydrogens (tertiary/aromatic N) is 2. The molecule has 1 saturated carbocycles. The fourth-order valence-electron chi connectivity index (χ4n) is 2.92. The number of unbranched alkanes of at least 4 members (excludes halogenated alkanes) is 1. The van der Waals surface area contributed by atoms with Crippen LogP contribution < -0.4 is 9.64 Å². The standard InChI is InChI=1S/C16H22N2O3/c1-2-3-6-21-14-7-11-4-5-15(20)18(16(11)17-10-14)12-8-13(19)9-12/h7,10,12-13,19H,2-6,8-9H2,1H3. The Morgan fingerprint density at radius 1 is 1.43 bits per heavy atom. The highest BCUT2D eigenvalue weighted by Gasteiger charge is 2.39. The number of ether oxygens (including phenoxy) is 1. The molecule has 5 nitrogen and oxygen atoms in total. The number of carbonyl (C=O) groups is 1. The fourth-order valence-corrected chi connectivity index (χ4v) is 2.92. The largest absolute Gasteiger partial charge is 0.492 e. The number of hydrogen-bond acceptors (Lipinski definition) is 4. The highest BCUT2D eigenvalue weighted by atomic mass is 16.5. The van der Waals surface area contributed by atoms with Crippen LogP contribution in [0.1, 0.15) is 44.6 Å². The van der Waals surface area contributed by atoms with Gasteiger partial charge in [0.05, 0.1) is 18.9 Å². The van der Waals surface area contributed by atoms with Crippen molar-refractivity contribution in [3.05, 3.63) is 17.8 Å². The van der Waals surface area contributed by atoms with Gasteiger partial charge in [0.15, 0.2) is 0 Å². The molecule has 3 rings (SSSR count). The number of amides is 1. The lowest BCUT2D eigenvalue weighted by Crippen LogP contribution is -2.52. The first kappa shape index (κ1) is 14.3. The van der Waals surface area contributed by atoms with Gasteiger partial charge < -0.3 is 9.84 Å². The lowest BCUT2D eigenvalue weighted by Gasteiger charge is -2.42. The van der Waals surface area contributed by atoms with Crippen LogP contribution in [0.15, 0.2) is 12.3 Å². The third-order valence-electron chi connectivity index (χ3n) is 4.24. The molecular formula is C16H22N2O3. The Kier molecular flexibility index (Phi) is 4.10. The first-order valence-electron chi connectivity index (χ1n) is 7.81. The van der Waals surface area contributed by atoms with E-state index in [0.29, 0.717) is 25.9 Å². The van der Waals surface area contributed by atoms with Gasteiger partial charge in [0, 0.05) is 12.5 Å². The molecule has 0 unspecified atom stereocenters. The van der Waals surface area contributed by atoms with Gasteiger partial charge >= 0.3 is 0 Å². The molecule has 1 amide bonds. The third-order valence-corrected chi connectivity index (χ3v) is 4.24. The number of anilines is 1. The number of rotatable bonds is 5. The molecule has 1 aromatic rings. The van der Waals surface area contributed by atoms with Crippen LogP contribution in [-0.4, -0.2) is 34.8 Å². The van der Waals surface area contributed by atoms with Gasteiger partial charge in [-0.2, -0.15) is 0 Å². The van der Waals surface area contributed by atoms with E-state index in [2.05, 4.69) is 11.9 Å². The molecule has 2 heterocycles. The summed E-state index contributed by atoms with van der Waals surface area (Å²) in [5.41, 5.74) is 1.07. The number of aromatic nitrogens is 1. The molecule has 1 aliphatic carbocycles. The molecule has 114 valence electrons. The number of carbonyl (C=O) groups excluding carboxylic acids is 1. The van der Waals surface area contributed by atoms with Crippen molar-refractivity contribution in [2.24, 2.45) is 0 Å². The SMILES string of the molecule is CCCCOc1cnc2c(c1)CCC(=O)N2C1CC(O)C1. The van der Waals surface area contributed by atoms with Crippen LogP contribution in [0.3, 0.4) is 0 Å². The minimum absolute atomic E-state index is 0.103. The van der Waals surface area contributed by atoms with Gasteiger partial charge in [0.2, 0.25) is 5.91 Å². The average Bonchev–Trinajstić information content (AvgIpc) is 2.45. The first-order valence-corrected chi connectivity index (χ1v) is 7.81. The van der Waals surface area contributed by atoms with Crippen molar-refractivity contribution in [2.45, 2.75) is 57.6 Å². The summed E-state index contributed by atoms with van der Waals surface area (Å²) in [6.45, 7) is 2.83. The maximum atomic E-state index is 12.2. The zero-order valence-corrected chi connectivity index (χ0v) is 12.4. The van der Waals surface area contributed by atoms with Gasteiger partial charge in [-0.1, -0.05) is 13.3 Å². The Bertz CT molecular complexity index is 526. The van der Waals surface area contributed by atoms with E-state index < -0.39 is 0 Å². The van der Waals surface area contributed by atoms with Crippen molar-refractivity contribution < 1.29 is 14.6 Å². The highest BCUT2D eigenvalue weighted by Crippen LogP contribution is 2.35. The van der Waals surface area contributed by atoms with E-state index in [1.807, 2.05) is 6.07 Å². The molecule has 2 aliphatic rings. The summed E-state index contributed by atoms with van der Waals surface area (Å²) >= 11 is 0. The molecule has 5 heteroatoms. The van der Waals surface area contributed by atoms with Gasteiger partial charge in [-0.05, 0) is 37.3 Å². The van der Waals surface area contributed by atoms with E-state index in [0.717, 1.165) is 36.4 Å². The zero-order valence-electron chi connectivity index (χ0n) is 12.4. The quantitative estimate of drug-likeness (QED) is 0.843. The molecule has 1 fully saturated rings. The van der Waals surface area contributed by atoms with Gasteiger partial charge in [0.1, 0.15) is 11.6 Å². The summed E-state index contributed by atoms with van der Waals surface area (Å²) in [4.78, 5) is 18.4. The van der Waals surface area contributed by atoms with E-state index in [1.165, 1.54) is 0 Å². The molecule has 0 aromatic carbocycles. The van der Waals surface area contributed by atoms with Crippen molar-refractivity contribution in [1.82, 2.24) is 4.98 Å². The Morgan fingerprint density at radius 3 is 2.95 bits per heavy atom. The fraction of sp³-hybridized carbons (Fsp3) is 0.625. The smallest absolute Gasteiger partial charge is 0.228 e. The van der Waals surface area contributed by atoms with Crippen LogP contribution in [0.2, 0.25) is 0 Å². The minimum atomic E-state index is -0.273. The van der Waals surface area contributed by atoms with Crippen LogP contribution in [0.25, 0.3) is 0 Å². The van der Waals surface area contributed by atoms with E-state index in [4.69, 9.17) is 4.74 Å². The molecule has 1 aliphatic heterocycles. The van der Waals surface area contributed by atoms with Gasteiger partial charge in [-0.3, -0.25) is 9.69 Å². The van der Waals surface area contributed by atoms with Crippen molar-refractivity contribution in [3.63, 3.8) is 0 Å². The van der Waals surface area contributed by atoms with E-state index in [-0.39, 0.29) is 18.1 Å². The second-order valence-corrected chi connectivity index (χ2v) is 5.90. The second-order valence-electron chi connectivity index (χ2n) is 5.90. The maximum Gasteiger partial charge on any atom is 0.228 e. The Hall–Kier alpha value is -1.62. The molecule has 0 bridgehead atoms. The predicted molar refractivity (Wildman–Crippen MR) is 79.5 cm³/mol. The molecule has 1 aromatic heterocycles. The van der Waals surface area contributed by atoms with Crippen molar-refractivity contribution in [3.8, 4) is 5.75 Å². The van der Waals surface area contributed by atoms with Crippen molar-refractivity contribution >= 4 is 11.7 Å². The molecule has 0 spiro atoms. The van der Waals surface area contributed by atoms with Crippen LogP contribution >= 0.6 is 0 Å². The number of aliphatic hydroxyl groups is 1. The summed E-state index contributed by atoms with van der Waals surface area (Å²) in [7, 11) is 0. The summed E-state index contributed by atoms with van der Waals surface area (Å²) in [5, 5.41) is 9.47. The summed E-state index contributed by atoms with van der Waals surface area (Å²) in [6.07, 6.45) is 6.10. The first-order chi connectivity index (χ1) is 10.2. The highest BCUT2D eigenvalue weighted by molar-refractivity contribution is 5.96. The van der Waals surface area contributed by atoms with Crippen LogP contribution in [0.4, 0.5) is 5.82 Å². The Balaban J connectivity index is 1.77. The lowest BCUT2D eigenvalue weighted by molar-refractivity contribution is -0.120. The van der Waals surface area contributed by atoms with Gasteiger partial charge in [-0.25, -0.2) is 4.98 Å². The summed E-state index contributed by atoms with van der Waals surface area (Å²) in [6, 6.07) is 2.11. The second kappa shape index (κ2) is 6.02. The number of pyridine rings is 1. The molecule has 0 saturated heterocycles. The molecule has 0 atom stereocenters. The monoisotopic (exact) mass is 290 g/mol.